The van der Waals surface area contributed by atoms with Crippen molar-refractivity contribution < 1.29 is 4.42 Å². The summed E-state index contributed by atoms with van der Waals surface area (Å²) < 4.78 is 8.74. The minimum Gasteiger partial charge on any atom is -0.456 e. The minimum absolute atomic E-state index is 0.510. The van der Waals surface area contributed by atoms with Gasteiger partial charge in [0.2, 0.25) is 0 Å². The molecule has 0 fully saturated rings. The summed E-state index contributed by atoms with van der Waals surface area (Å²) in [5, 5.41) is 4.37. The Morgan fingerprint density at radius 2 is 0.758 bits per heavy atom. The number of benzene rings is 8. The molecule has 0 saturated carbocycles. The average Bonchev–Trinajstić information content (AvgIpc) is 3.90. The lowest BCUT2D eigenvalue weighted by molar-refractivity contribution is 0.669. The highest BCUT2D eigenvalue weighted by molar-refractivity contribution is 6.27. The number of aromatic nitrogens is 7. The van der Waals surface area contributed by atoms with Crippen LogP contribution >= 0.6 is 0 Å². The molecule has 0 bridgehead atoms. The molecule has 0 N–H and O–H groups in total. The first-order valence-corrected chi connectivity index (χ1v) is 20.5. The Bertz CT molecular complexity index is 3510. The summed E-state index contributed by atoms with van der Waals surface area (Å²) in [5.74, 6) is 3.33. The Labute approximate surface area is 355 Å². The number of hydrogen-bond donors (Lipinski definition) is 0. The van der Waals surface area contributed by atoms with Gasteiger partial charge >= 0.3 is 0 Å². The van der Waals surface area contributed by atoms with Crippen molar-refractivity contribution in [3.05, 3.63) is 200 Å². The third-order valence-corrected chi connectivity index (χ3v) is 11.3. The number of nitrogens with zero attached hydrogens (tertiary/aromatic N) is 7. The van der Waals surface area contributed by atoms with E-state index < -0.39 is 0 Å². The van der Waals surface area contributed by atoms with Crippen LogP contribution in [0.5, 0.6) is 0 Å². The van der Waals surface area contributed by atoms with E-state index in [9.17, 15) is 0 Å². The van der Waals surface area contributed by atoms with Crippen molar-refractivity contribution in [3.8, 4) is 74.0 Å². The fraction of sp³-hybridized carbons (Fsp3) is 0. The smallest absolute Gasteiger partial charge is 0.166 e. The van der Waals surface area contributed by atoms with E-state index >= 15 is 0 Å². The summed E-state index contributed by atoms with van der Waals surface area (Å²) in [6.07, 6.45) is 0. The molecule has 0 saturated heterocycles. The van der Waals surface area contributed by atoms with Crippen molar-refractivity contribution in [1.29, 1.82) is 0 Å². The Morgan fingerprint density at radius 1 is 0.306 bits per heavy atom. The SMILES string of the molecule is c1ccc(-c2nc(-c3ccccc3)nc(-c3ccc(-n4c5ccccc5c5c6c(ccc54)oc4ccccc46)c(-c4nc(-c5ccccc5)nc(-c5ccccc5)n4)c3)n2)cc1. The van der Waals surface area contributed by atoms with Crippen LogP contribution in [-0.2, 0) is 0 Å². The molecule has 62 heavy (non-hydrogen) atoms. The van der Waals surface area contributed by atoms with Gasteiger partial charge in [0.15, 0.2) is 34.9 Å². The lowest BCUT2D eigenvalue weighted by Crippen LogP contribution is -2.05. The van der Waals surface area contributed by atoms with Crippen LogP contribution in [0.3, 0.4) is 0 Å². The Morgan fingerprint density at radius 3 is 1.31 bits per heavy atom. The topological polar surface area (TPSA) is 95.4 Å². The molecule has 0 aliphatic rings. The number of rotatable bonds is 7. The van der Waals surface area contributed by atoms with E-state index in [1.165, 1.54) is 0 Å². The second-order valence-electron chi connectivity index (χ2n) is 15.1. The van der Waals surface area contributed by atoms with Crippen LogP contribution in [0.2, 0.25) is 0 Å². The van der Waals surface area contributed by atoms with E-state index in [0.29, 0.717) is 34.9 Å². The van der Waals surface area contributed by atoms with Gasteiger partial charge in [-0.1, -0.05) is 158 Å². The predicted molar refractivity (Wildman–Crippen MR) is 247 cm³/mol. The van der Waals surface area contributed by atoms with E-state index in [1.54, 1.807) is 0 Å². The van der Waals surface area contributed by atoms with E-state index in [2.05, 4.69) is 71.3 Å². The van der Waals surface area contributed by atoms with Crippen LogP contribution in [0.1, 0.15) is 0 Å². The van der Waals surface area contributed by atoms with Crippen LogP contribution in [0.25, 0.3) is 118 Å². The standard InChI is InChI=1S/C54H33N7O/c1-5-17-34(18-6-1)49-55-50(35-19-7-2-8-20-35)58-53(57-49)38-29-30-43(41(33-38)54-59-51(36-21-9-3-10-22-36)56-52(60-54)37-23-11-4-12-24-37)61-42-27-15-13-25-39(42)47-44(61)31-32-46-48(47)40-26-14-16-28-45(40)62-46/h1-33H. The highest BCUT2D eigenvalue weighted by Crippen LogP contribution is 2.43. The molecular weight excluding hydrogens is 763 g/mol. The zero-order chi connectivity index (χ0) is 41.0. The van der Waals surface area contributed by atoms with Crippen molar-refractivity contribution in [2.45, 2.75) is 0 Å². The van der Waals surface area contributed by atoms with E-state index in [1.807, 2.05) is 133 Å². The van der Waals surface area contributed by atoms with Gasteiger partial charge in [0.25, 0.3) is 0 Å². The maximum Gasteiger partial charge on any atom is 0.166 e. The Hall–Kier alpha value is -8.62. The molecule has 0 spiro atoms. The molecule has 0 unspecified atom stereocenters. The molecule has 0 aliphatic heterocycles. The van der Waals surface area contributed by atoms with Crippen molar-refractivity contribution in [2.24, 2.45) is 0 Å². The first kappa shape index (κ1) is 35.3. The molecular formula is C54H33N7O. The Balaban J connectivity index is 1.17. The molecule has 0 amide bonds. The summed E-state index contributed by atoms with van der Waals surface area (Å²) in [6, 6.07) is 67.5. The average molecular weight is 796 g/mol. The van der Waals surface area contributed by atoms with E-state index in [4.69, 9.17) is 34.3 Å². The summed E-state index contributed by atoms with van der Waals surface area (Å²) in [4.78, 5) is 30.8. The van der Waals surface area contributed by atoms with Gasteiger partial charge in [-0.3, -0.25) is 0 Å². The monoisotopic (exact) mass is 795 g/mol. The third-order valence-electron chi connectivity index (χ3n) is 11.3. The van der Waals surface area contributed by atoms with Crippen LogP contribution in [-0.4, -0.2) is 34.5 Å². The van der Waals surface area contributed by atoms with Gasteiger partial charge in [0.05, 0.1) is 16.7 Å². The van der Waals surface area contributed by atoms with Gasteiger partial charge < -0.3 is 8.98 Å². The zero-order valence-electron chi connectivity index (χ0n) is 33.1. The highest BCUT2D eigenvalue weighted by atomic mass is 16.3. The van der Waals surface area contributed by atoms with E-state index in [0.717, 1.165) is 82.8 Å². The number of hydrogen-bond acceptors (Lipinski definition) is 7. The van der Waals surface area contributed by atoms with Crippen molar-refractivity contribution >= 4 is 43.7 Å². The molecule has 290 valence electrons. The van der Waals surface area contributed by atoms with Gasteiger partial charge in [0.1, 0.15) is 11.2 Å². The normalized spacial score (nSPS) is 11.5. The molecule has 4 heterocycles. The van der Waals surface area contributed by atoms with Gasteiger partial charge in [-0.25, -0.2) is 29.9 Å². The molecule has 0 atom stereocenters. The van der Waals surface area contributed by atoms with Crippen LogP contribution in [0, 0.1) is 0 Å². The molecule has 0 aliphatic carbocycles. The summed E-state index contributed by atoms with van der Waals surface area (Å²) >= 11 is 0. The largest absolute Gasteiger partial charge is 0.456 e. The Kier molecular flexibility index (Phi) is 8.31. The third kappa shape index (κ3) is 6.00. The number of furan rings is 1. The minimum atomic E-state index is 0.510. The van der Waals surface area contributed by atoms with Crippen LogP contribution < -0.4 is 0 Å². The van der Waals surface area contributed by atoms with Gasteiger partial charge in [-0.2, -0.15) is 0 Å². The van der Waals surface area contributed by atoms with Crippen molar-refractivity contribution in [2.75, 3.05) is 0 Å². The fourth-order valence-electron chi connectivity index (χ4n) is 8.45. The van der Waals surface area contributed by atoms with E-state index in [-0.39, 0.29) is 0 Å². The fourth-order valence-corrected chi connectivity index (χ4v) is 8.45. The lowest BCUT2D eigenvalue weighted by atomic mass is 10.0. The van der Waals surface area contributed by atoms with Crippen molar-refractivity contribution in [1.82, 2.24) is 34.5 Å². The highest BCUT2D eigenvalue weighted by Gasteiger charge is 2.23. The van der Waals surface area contributed by atoms with Crippen molar-refractivity contribution in [3.63, 3.8) is 0 Å². The molecule has 12 rings (SSSR count). The first-order valence-electron chi connectivity index (χ1n) is 20.5. The second kappa shape index (κ2) is 14.6. The maximum absolute atomic E-state index is 6.42. The molecule has 8 heteroatoms. The second-order valence-corrected chi connectivity index (χ2v) is 15.1. The lowest BCUT2D eigenvalue weighted by Gasteiger charge is -2.16. The maximum atomic E-state index is 6.42. The molecule has 8 nitrogen and oxygen atoms in total. The number of para-hydroxylation sites is 2. The van der Waals surface area contributed by atoms with Gasteiger partial charge in [0, 0.05) is 54.9 Å². The summed E-state index contributed by atoms with van der Waals surface area (Å²) in [5.41, 5.74) is 9.76. The summed E-state index contributed by atoms with van der Waals surface area (Å²) in [6.45, 7) is 0. The predicted octanol–water partition coefficient (Wildman–Crippen LogP) is 13.1. The number of fused-ring (bicyclic) bond motifs is 7. The first-order chi connectivity index (χ1) is 30.7. The molecule has 4 aromatic heterocycles. The van der Waals surface area contributed by atoms with Crippen LogP contribution in [0.15, 0.2) is 205 Å². The van der Waals surface area contributed by atoms with Gasteiger partial charge in [-0.15, -0.1) is 0 Å². The molecule has 12 aromatic rings. The summed E-state index contributed by atoms with van der Waals surface area (Å²) in [7, 11) is 0. The van der Waals surface area contributed by atoms with Gasteiger partial charge in [-0.05, 0) is 42.5 Å². The molecule has 0 radical (unpaired) electrons. The zero-order valence-corrected chi connectivity index (χ0v) is 33.1. The van der Waals surface area contributed by atoms with Crippen LogP contribution in [0.4, 0.5) is 0 Å². The quantitative estimate of drug-likeness (QED) is 0.158. The molecule has 8 aromatic carbocycles.